The van der Waals surface area contributed by atoms with E-state index in [1.807, 2.05) is 30.3 Å². The van der Waals surface area contributed by atoms with Gasteiger partial charge >= 0.3 is 5.97 Å². The number of carbonyl (C=O) groups excluding carboxylic acids is 2. The maximum absolute atomic E-state index is 12.9. The Morgan fingerprint density at radius 1 is 1.16 bits per heavy atom. The molecule has 3 aromatic heterocycles. The van der Waals surface area contributed by atoms with Crippen molar-refractivity contribution in [2.75, 3.05) is 6.54 Å². The second-order valence-electron chi connectivity index (χ2n) is 7.05. The summed E-state index contributed by atoms with van der Waals surface area (Å²) in [5, 5.41) is 7.12. The maximum Gasteiger partial charge on any atom is 0.339 e. The Balaban J connectivity index is 1.47. The summed E-state index contributed by atoms with van der Waals surface area (Å²) in [4.78, 5) is 29.7. The normalized spacial score (nSPS) is 11.9. The van der Waals surface area contributed by atoms with Crippen LogP contribution in [0, 0.1) is 6.92 Å². The van der Waals surface area contributed by atoms with Gasteiger partial charge in [-0.15, -0.1) is 0 Å². The number of fused-ring (bicyclic) bond motifs is 1. The number of nitrogens with one attached hydrogen (secondary N) is 1. The highest BCUT2D eigenvalue weighted by molar-refractivity contribution is 6.04. The molecule has 0 saturated heterocycles. The fourth-order valence-electron chi connectivity index (χ4n) is 3.20. The number of amides is 1. The van der Waals surface area contributed by atoms with E-state index in [1.165, 1.54) is 13.2 Å². The number of pyridine rings is 1. The zero-order chi connectivity index (χ0) is 21.8. The molecule has 0 radical (unpaired) electrons. The van der Waals surface area contributed by atoms with Crippen LogP contribution in [0.1, 0.15) is 28.5 Å². The van der Waals surface area contributed by atoms with Crippen LogP contribution in [0.25, 0.3) is 22.6 Å². The molecule has 3 heterocycles. The summed E-state index contributed by atoms with van der Waals surface area (Å²) in [5.41, 5.74) is 2.42. The average molecular weight is 419 g/mol. The van der Waals surface area contributed by atoms with Crippen LogP contribution in [-0.2, 0) is 16.0 Å². The van der Waals surface area contributed by atoms with Crippen LogP contribution in [0.4, 0.5) is 0 Å². The molecular formula is C23H21N3O5. The molecule has 8 heteroatoms. The third-order valence-corrected chi connectivity index (χ3v) is 4.82. The minimum Gasteiger partial charge on any atom is -0.463 e. The van der Waals surface area contributed by atoms with Gasteiger partial charge in [0.2, 0.25) is 0 Å². The molecule has 0 aliphatic rings. The van der Waals surface area contributed by atoms with Crippen molar-refractivity contribution in [2.45, 2.75) is 26.4 Å². The number of nitrogens with zero attached hydrogens (tertiary/aromatic N) is 2. The Hall–Kier alpha value is -3.94. The molecule has 8 nitrogen and oxygen atoms in total. The first-order valence-electron chi connectivity index (χ1n) is 9.86. The molecule has 1 atom stereocenters. The van der Waals surface area contributed by atoms with E-state index >= 15 is 0 Å². The van der Waals surface area contributed by atoms with Crippen molar-refractivity contribution in [3.05, 3.63) is 71.6 Å². The van der Waals surface area contributed by atoms with E-state index in [9.17, 15) is 9.59 Å². The van der Waals surface area contributed by atoms with Gasteiger partial charge < -0.3 is 19.0 Å². The molecule has 0 spiro atoms. The molecule has 0 saturated carbocycles. The van der Waals surface area contributed by atoms with Crippen molar-refractivity contribution in [2.24, 2.45) is 0 Å². The molecule has 0 aliphatic carbocycles. The summed E-state index contributed by atoms with van der Waals surface area (Å²) in [7, 11) is 0. The predicted octanol–water partition coefficient (Wildman–Crippen LogP) is 3.70. The summed E-state index contributed by atoms with van der Waals surface area (Å²) in [6.07, 6.45) is 1.22. The molecular weight excluding hydrogens is 398 g/mol. The van der Waals surface area contributed by atoms with E-state index in [-0.39, 0.29) is 17.2 Å². The molecule has 158 valence electrons. The first-order valence-corrected chi connectivity index (χ1v) is 9.86. The number of benzene rings is 1. The molecule has 0 fully saturated rings. The van der Waals surface area contributed by atoms with Crippen LogP contribution in [0.3, 0.4) is 0 Å². The van der Waals surface area contributed by atoms with Crippen molar-refractivity contribution >= 4 is 23.0 Å². The lowest BCUT2D eigenvalue weighted by Crippen LogP contribution is -2.37. The fourth-order valence-corrected chi connectivity index (χ4v) is 3.20. The number of esters is 1. The smallest absolute Gasteiger partial charge is 0.339 e. The number of furan rings is 1. The summed E-state index contributed by atoms with van der Waals surface area (Å²) in [6, 6.07) is 14.8. The Morgan fingerprint density at radius 3 is 2.71 bits per heavy atom. The Kier molecular flexibility index (Phi) is 5.79. The molecule has 31 heavy (non-hydrogen) atoms. The molecule has 0 bridgehead atoms. The van der Waals surface area contributed by atoms with E-state index in [0.29, 0.717) is 35.5 Å². The Labute approximate surface area is 178 Å². The molecule has 1 N–H and O–H groups in total. The number of aromatic nitrogens is 2. The summed E-state index contributed by atoms with van der Waals surface area (Å²) in [5.74, 6) is -0.572. The highest BCUT2D eigenvalue weighted by Gasteiger charge is 2.24. The SMILES string of the molecule is Cc1noc2nc(-c3ccco3)cc(C(=O)OC(C)C(=O)NCCc3ccccc3)c12. The highest BCUT2D eigenvalue weighted by Crippen LogP contribution is 2.28. The van der Waals surface area contributed by atoms with Crippen LogP contribution in [0.5, 0.6) is 0 Å². The molecule has 0 aliphatic heterocycles. The quantitative estimate of drug-likeness (QED) is 0.455. The van der Waals surface area contributed by atoms with Gasteiger partial charge in [0.1, 0.15) is 5.69 Å². The summed E-state index contributed by atoms with van der Waals surface area (Å²) in [6.45, 7) is 3.68. The largest absolute Gasteiger partial charge is 0.463 e. The summed E-state index contributed by atoms with van der Waals surface area (Å²) < 4.78 is 16.0. The lowest BCUT2D eigenvalue weighted by molar-refractivity contribution is -0.129. The lowest BCUT2D eigenvalue weighted by atomic mass is 10.1. The second kappa shape index (κ2) is 8.83. The molecule has 1 aromatic carbocycles. The number of hydrogen-bond acceptors (Lipinski definition) is 7. The average Bonchev–Trinajstić information content (AvgIpc) is 3.44. The van der Waals surface area contributed by atoms with Crippen molar-refractivity contribution in [3.63, 3.8) is 0 Å². The van der Waals surface area contributed by atoms with Crippen molar-refractivity contribution in [1.82, 2.24) is 15.5 Å². The number of carbonyl (C=O) groups is 2. The van der Waals surface area contributed by atoms with E-state index in [4.69, 9.17) is 13.7 Å². The number of rotatable bonds is 7. The lowest BCUT2D eigenvalue weighted by Gasteiger charge is -2.14. The highest BCUT2D eigenvalue weighted by atomic mass is 16.5. The van der Waals surface area contributed by atoms with Crippen LogP contribution in [-0.4, -0.2) is 34.7 Å². The van der Waals surface area contributed by atoms with Gasteiger partial charge in [0.05, 0.1) is 22.9 Å². The number of aryl methyl sites for hydroxylation is 1. The van der Waals surface area contributed by atoms with Crippen molar-refractivity contribution < 1.29 is 23.3 Å². The van der Waals surface area contributed by atoms with Crippen LogP contribution in [0.2, 0.25) is 0 Å². The monoisotopic (exact) mass is 419 g/mol. The number of ether oxygens (including phenoxy) is 1. The topological polar surface area (TPSA) is 107 Å². The fraction of sp³-hybridized carbons (Fsp3) is 0.217. The first kappa shape index (κ1) is 20.3. The van der Waals surface area contributed by atoms with Gasteiger partial charge in [-0.2, -0.15) is 0 Å². The predicted molar refractivity (Wildman–Crippen MR) is 112 cm³/mol. The van der Waals surface area contributed by atoms with Gasteiger partial charge in [-0.1, -0.05) is 35.5 Å². The zero-order valence-corrected chi connectivity index (χ0v) is 17.1. The van der Waals surface area contributed by atoms with Crippen LogP contribution < -0.4 is 5.32 Å². The second-order valence-corrected chi connectivity index (χ2v) is 7.05. The van der Waals surface area contributed by atoms with Gasteiger partial charge in [-0.25, -0.2) is 9.78 Å². The Morgan fingerprint density at radius 2 is 1.97 bits per heavy atom. The molecule has 4 rings (SSSR count). The van der Waals surface area contributed by atoms with E-state index in [0.717, 1.165) is 5.56 Å². The first-order chi connectivity index (χ1) is 15.0. The van der Waals surface area contributed by atoms with Crippen molar-refractivity contribution in [3.8, 4) is 11.5 Å². The standard InChI is InChI=1S/C23H21N3O5/c1-14-20-17(13-18(19-9-6-12-29-19)25-22(20)31-26-14)23(28)30-15(2)21(27)24-11-10-16-7-4-3-5-8-16/h3-9,12-13,15H,10-11H2,1-2H3,(H,24,27). The van der Waals surface area contributed by atoms with Gasteiger partial charge in [0.15, 0.2) is 11.9 Å². The maximum atomic E-state index is 12.9. The van der Waals surface area contributed by atoms with Gasteiger partial charge in [-0.3, -0.25) is 4.79 Å². The minimum absolute atomic E-state index is 0.193. The third kappa shape index (κ3) is 4.48. The van der Waals surface area contributed by atoms with Crippen LogP contribution in [0.15, 0.2) is 63.7 Å². The van der Waals surface area contributed by atoms with E-state index in [2.05, 4.69) is 15.5 Å². The zero-order valence-electron chi connectivity index (χ0n) is 17.1. The van der Waals surface area contributed by atoms with E-state index in [1.54, 1.807) is 25.1 Å². The minimum atomic E-state index is -0.973. The van der Waals surface area contributed by atoms with E-state index < -0.39 is 12.1 Å². The van der Waals surface area contributed by atoms with Gasteiger partial charge in [0.25, 0.3) is 11.6 Å². The molecule has 1 amide bonds. The Bertz CT molecular complexity index is 1200. The van der Waals surface area contributed by atoms with Gasteiger partial charge in [0, 0.05) is 6.54 Å². The summed E-state index contributed by atoms with van der Waals surface area (Å²) >= 11 is 0. The molecule has 4 aromatic rings. The van der Waals surface area contributed by atoms with Crippen LogP contribution >= 0.6 is 0 Å². The molecule has 1 unspecified atom stereocenters. The van der Waals surface area contributed by atoms with Gasteiger partial charge in [-0.05, 0) is 44.0 Å². The third-order valence-electron chi connectivity index (χ3n) is 4.82. The number of hydrogen-bond donors (Lipinski definition) is 1. The van der Waals surface area contributed by atoms with Crippen molar-refractivity contribution in [1.29, 1.82) is 0 Å².